The van der Waals surface area contributed by atoms with Crippen LogP contribution in [0.1, 0.15) is 13.3 Å². The summed E-state index contributed by atoms with van der Waals surface area (Å²) >= 11 is 5.85. The van der Waals surface area contributed by atoms with Crippen LogP contribution in [0.2, 0.25) is 5.15 Å². The van der Waals surface area contributed by atoms with Gasteiger partial charge in [0, 0.05) is 12.4 Å². The van der Waals surface area contributed by atoms with Crippen LogP contribution in [0.25, 0.3) is 0 Å². The largest absolute Gasteiger partial charge is 0.361 e. The summed E-state index contributed by atoms with van der Waals surface area (Å²) < 4.78 is 22.8. The minimum absolute atomic E-state index is 0.104. The summed E-state index contributed by atoms with van der Waals surface area (Å²) in [7, 11) is -2.94. The number of sulfone groups is 1. The van der Waals surface area contributed by atoms with Crippen molar-refractivity contribution in [2.45, 2.75) is 18.9 Å². The number of nitrogens with one attached hydrogen (secondary N) is 1. The molecule has 1 aromatic heterocycles. The zero-order valence-electron chi connectivity index (χ0n) is 8.77. The van der Waals surface area contributed by atoms with Gasteiger partial charge < -0.3 is 5.32 Å². The molecule has 1 aromatic rings. The van der Waals surface area contributed by atoms with E-state index in [0.717, 1.165) is 0 Å². The van der Waals surface area contributed by atoms with Gasteiger partial charge in [-0.3, -0.25) is 0 Å². The maximum atomic E-state index is 11.4. The molecule has 0 bridgehead atoms. The smallest absolute Gasteiger partial charge is 0.171 e. The first kappa shape index (κ1) is 11.6. The standard InChI is InChI=1S/C9H12ClN3O2S/c1-9(2-5-16(14,15)6-9)13-8-7(10)11-3-4-12-8/h3-4H,2,5-6H2,1H3,(H,12,13). The molecular formula is C9H12ClN3O2S. The van der Waals surface area contributed by atoms with E-state index in [2.05, 4.69) is 15.3 Å². The Morgan fingerprint density at radius 2 is 2.12 bits per heavy atom. The van der Waals surface area contributed by atoms with E-state index in [-0.39, 0.29) is 16.7 Å². The van der Waals surface area contributed by atoms with Crippen molar-refractivity contribution in [2.75, 3.05) is 16.8 Å². The Morgan fingerprint density at radius 1 is 1.44 bits per heavy atom. The normalized spacial score (nSPS) is 27.9. The van der Waals surface area contributed by atoms with E-state index < -0.39 is 15.4 Å². The molecule has 0 aromatic carbocycles. The van der Waals surface area contributed by atoms with Gasteiger partial charge in [0.25, 0.3) is 0 Å². The molecule has 2 rings (SSSR count). The van der Waals surface area contributed by atoms with Crippen LogP contribution in [0.15, 0.2) is 12.4 Å². The average Bonchev–Trinajstić information content (AvgIpc) is 2.45. The lowest BCUT2D eigenvalue weighted by atomic mass is 10.0. The molecule has 7 heteroatoms. The molecule has 5 nitrogen and oxygen atoms in total. The predicted octanol–water partition coefficient (Wildman–Crippen LogP) is 1.12. The summed E-state index contributed by atoms with van der Waals surface area (Å²) in [5, 5.41) is 3.31. The molecule has 1 aliphatic heterocycles. The molecule has 1 saturated heterocycles. The lowest BCUT2D eigenvalue weighted by molar-refractivity contribution is 0.571. The minimum atomic E-state index is -2.94. The zero-order chi connectivity index (χ0) is 11.8. The molecule has 1 N–H and O–H groups in total. The van der Waals surface area contributed by atoms with Crippen molar-refractivity contribution < 1.29 is 8.42 Å². The van der Waals surface area contributed by atoms with Gasteiger partial charge in [-0.15, -0.1) is 0 Å². The number of hydrogen-bond acceptors (Lipinski definition) is 5. The van der Waals surface area contributed by atoms with Crippen LogP contribution in [-0.4, -0.2) is 35.4 Å². The van der Waals surface area contributed by atoms with Crippen LogP contribution < -0.4 is 5.32 Å². The van der Waals surface area contributed by atoms with Crippen LogP contribution in [0.3, 0.4) is 0 Å². The van der Waals surface area contributed by atoms with Gasteiger partial charge in [0.15, 0.2) is 20.8 Å². The summed E-state index contributed by atoms with van der Waals surface area (Å²) in [6, 6.07) is 0. The second kappa shape index (κ2) is 3.85. The van der Waals surface area contributed by atoms with E-state index in [1.54, 1.807) is 0 Å². The van der Waals surface area contributed by atoms with Gasteiger partial charge in [0.1, 0.15) is 0 Å². The molecule has 0 radical (unpaired) electrons. The van der Waals surface area contributed by atoms with Crippen LogP contribution in [-0.2, 0) is 9.84 Å². The van der Waals surface area contributed by atoms with Crippen molar-refractivity contribution in [3.05, 3.63) is 17.5 Å². The fourth-order valence-corrected chi connectivity index (χ4v) is 4.05. The number of nitrogens with zero attached hydrogens (tertiary/aromatic N) is 2. The molecule has 88 valence electrons. The highest BCUT2D eigenvalue weighted by Crippen LogP contribution is 2.28. The van der Waals surface area contributed by atoms with E-state index in [1.807, 2.05) is 6.92 Å². The zero-order valence-corrected chi connectivity index (χ0v) is 10.3. The van der Waals surface area contributed by atoms with Crippen LogP contribution in [0.5, 0.6) is 0 Å². The van der Waals surface area contributed by atoms with Crippen molar-refractivity contribution >= 4 is 27.3 Å². The van der Waals surface area contributed by atoms with Crippen molar-refractivity contribution in [1.29, 1.82) is 0 Å². The SMILES string of the molecule is CC1(Nc2nccnc2Cl)CCS(=O)(=O)C1. The maximum absolute atomic E-state index is 11.4. The van der Waals surface area contributed by atoms with Gasteiger partial charge in [-0.1, -0.05) is 11.6 Å². The minimum Gasteiger partial charge on any atom is -0.361 e. The number of rotatable bonds is 2. The van der Waals surface area contributed by atoms with Gasteiger partial charge >= 0.3 is 0 Å². The molecule has 16 heavy (non-hydrogen) atoms. The Balaban J connectivity index is 2.20. The molecule has 1 fully saturated rings. The lowest BCUT2D eigenvalue weighted by Crippen LogP contribution is -2.36. The van der Waals surface area contributed by atoms with E-state index in [0.29, 0.717) is 12.2 Å². The number of aromatic nitrogens is 2. The Kier molecular flexibility index (Phi) is 2.79. The highest BCUT2D eigenvalue weighted by Gasteiger charge is 2.38. The van der Waals surface area contributed by atoms with Gasteiger partial charge in [0.05, 0.1) is 17.0 Å². The summed E-state index contributed by atoms with van der Waals surface area (Å²) in [5.74, 6) is 0.741. The van der Waals surface area contributed by atoms with E-state index in [1.165, 1.54) is 12.4 Å². The monoisotopic (exact) mass is 261 g/mol. The Hall–Kier alpha value is -0.880. The molecule has 2 heterocycles. The fourth-order valence-electron chi connectivity index (χ4n) is 1.80. The van der Waals surface area contributed by atoms with E-state index in [9.17, 15) is 8.42 Å². The van der Waals surface area contributed by atoms with E-state index in [4.69, 9.17) is 11.6 Å². The highest BCUT2D eigenvalue weighted by atomic mass is 35.5. The van der Waals surface area contributed by atoms with Crippen molar-refractivity contribution in [1.82, 2.24) is 9.97 Å². The number of hydrogen-bond donors (Lipinski definition) is 1. The fraction of sp³-hybridized carbons (Fsp3) is 0.556. The van der Waals surface area contributed by atoms with Crippen molar-refractivity contribution in [3.8, 4) is 0 Å². The Labute approximate surface area is 99.2 Å². The number of anilines is 1. The molecule has 0 saturated carbocycles. The average molecular weight is 262 g/mol. The first-order valence-electron chi connectivity index (χ1n) is 4.85. The molecule has 1 atom stereocenters. The van der Waals surface area contributed by atoms with Gasteiger partial charge in [-0.2, -0.15) is 0 Å². The third-order valence-corrected chi connectivity index (χ3v) is 4.76. The molecule has 0 spiro atoms. The first-order valence-corrected chi connectivity index (χ1v) is 7.05. The number of halogens is 1. The van der Waals surface area contributed by atoms with Crippen LogP contribution >= 0.6 is 11.6 Å². The van der Waals surface area contributed by atoms with Gasteiger partial charge in [0.2, 0.25) is 0 Å². The van der Waals surface area contributed by atoms with Gasteiger partial charge in [-0.25, -0.2) is 18.4 Å². The topological polar surface area (TPSA) is 72.0 Å². The van der Waals surface area contributed by atoms with Crippen molar-refractivity contribution in [2.24, 2.45) is 0 Å². The Morgan fingerprint density at radius 3 is 2.69 bits per heavy atom. The van der Waals surface area contributed by atoms with E-state index >= 15 is 0 Å². The third-order valence-electron chi connectivity index (χ3n) is 2.58. The Bertz CT molecular complexity index is 505. The second-order valence-corrected chi connectivity index (χ2v) is 6.77. The third kappa shape index (κ3) is 2.44. The lowest BCUT2D eigenvalue weighted by Gasteiger charge is -2.24. The van der Waals surface area contributed by atoms with Gasteiger partial charge in [-0.05, 0) is 13.3 Å². The summed E-state index contributed by atoms with van der Waals surface area (Å²) in [4.78, 5) is 7.91. The summed E-state index contributed by atoms with van der Waals surface area (Å²) in [6.07, 6.45) is 3.56. The first-order chi connectivity index (χ1) is 7.40. The van der Waals surface area contributed by atoms with Crippen LogP contribution in [0, 0.1) is 0 Å². The molecule has 0 aliphatic carbocycles. The quantitative estimate of drug-likeness (QED) is 0.864. The molecule has 1 unspecified atom stereocenters. The molecular weight excluding hydrogens is 250 g/mol. The summed E-state index contributed by atoms with van der Waals surface area (Å²) in [5.41, 5.74) is -0.501. The maximum Gasteiger partial charge on any atom is 0.171 e. The highest BCUT2D eigenvalue weighted by molar-refractivity contribution is 7.91. The predicted molar refractivity (Wildman–Crippen MR) is 62.3 cm³/mol. The second-order valence-electron chi connectivity index (χ2n) is 4.22. The molecule has 1 aliphatic rings. The van der Waals surface area contributed by atoms with Crippen molar-refractivity contribution in [3.63, 3.8) is 0 Å². The summed E-state index contributed by atoms with van der Waals surface area (Å²) in [6.45, 7) is 1.85. The molecule has 0 amide bonds. The van der Waals surface area contributed by atoms with Crippen LogP contribution in [0.4, 0.5) is 5.82 Å².